The molecule has 0 aliphatic heterocycles. The van der Waals surface area contributed by atoms with Crippen LogP contribution in [0.1, 0.15) is 61.9 Å². The topological polar surface area (TPSA) is 92.9 Å². The molecule has 2 atom stereocenters. The van der Waals surface area contributed by atoms with Crippen molar-refractivity contribution in [1.82, 2.24) is 19.1 Å². The van der Waals surface area contributed by atoms with Gasteiger partial charge in [-0.05, 0) is 50.5 Å². The van der Waals surface area contributed by atoms with E-state index in [1.54, 1.807) is 15.3 Å². The maximum atomic E-state index is 13.7. The predicted octanol–water partition coefficient (Wildman–Crippen LogP) is 4.72. The van der Waals surface area contributed by atoms with Crippen LogP contribution in [0.2, 0.25) is 0 Å². The Morgan fingerprint density at radius 2 is 2.03 bits per heavy atom. The Labute approximate surface area is 180 Å². The van der Waals surface area contributed by atoms with Crippen LogP contribution in [0.5, 0.6) is 0 Å². The van der Waals surface area contributed by atoms with Crippen LogP contribution in [0, 0.1) is 13.8 Å². The number of carbonyl (C=O) groups is 1. The summed E-state index contributed by atoms with van der Waals surface area (Å²) in [5.74, 6) is -0.918. The molecule has 3 heterocycles. The summed E-state index contributed by atoms with van der Waals surface area (Å²) < 4.78 is 3.35. The van der Waals surface area contributed by atoms with E-state index in [9.17, 15) is 14.7 Å². The number of aliphatic carboxylic acids is 1. The molecule has 0 aliphatic carbocycles. The molecule has 2 unspecified atom stereocenters. The fourth-order valence-electron chi connectivity index (χ4n) is 4.65. The number of hydrogen-bond acceptors (Lipinski definition) is 3. The maximum absolute atomic E-state index is 13.7. The van der Waals surface area contributed by atoms with E-state index in [1.165, 1.54) is 0 Å². The minimum Gasteiger partial charge on any atom is -0.481 e. The Morgan fingerprint density at radius 3 is 2.74 bits per heavy atom. The van der Waals surface area contributed by atoms with Crippen molar-refractivity contribution in [3.05, 3.63) is 63.8 Å². The highest BCUT2D eigenvalue weighted by Crippen LogP contribution is 2.31. The summed E-state index contributed by atoms with van der Waals surface area (Å²) in [5, 5.41) is 10.6. The lowest BCUT2D eigenvalue weighted by molar-refractivity contribution is -0.137. The fraction of sp³-hybridized carbons (Fsp3) is 0.375. The number of imidazole rings is 1. The molecule has 7 heteroatoms. The number of aromatic nitrogens is 4. The number of benzene rings is 1. The summed E-state index contributed by atoms with van der Waals surface area (Å²) in [6, 6.07) is 7.37. The van der Waals surface area contributed by atoms with Crippen LogP contribution in [0.4, 0.5) is 0 Å². The molecule has 0 saturated carbocycles. The number of nitrogens with zero attached hydrogens (tertiary/aromatic N) is 3. The first-order valence-electron chi connectivity index (χ1n) is 10.7. The van der Waals surface area contributed by atoms with Gasteiger partial charge >= 0.3 is 11.7 Å². The Kier molecular flexibility index (Phi) is 5.43. The minimum absolute atomic E-state index is 0.108. The van der Waals surface area contributed by atoms with E-state index in [2.05, 4.69) is 23.0 Å². The third-order valence-electron chi connectivity index (χ3n) is 6.06. The summed E-state index contributed by atoms with van der Waals surface area (Å²) >= 11 is 0. The molecule has 4 rings (SSSR count). The molecule has 0 amide bonds. The molecule has 0 spiro atoms. The molecule has 2 N–H and O–H groups in total. The van der Waals surface area contributed by atoms with E-state index in [4.69, 9.17) is 0 Å². The van der Waals surface area contributed by atoms with Crippen LogP contribution in [-0.4, -0.2) is 30.2 Å². The van der Waals surface area contributed by atoms with Crippen molar-refractivity contribution >= 4 is 28.0 Å². The molecular weight excluding hydrogens is 392 g/mol. The smallest absolute Gasteiger partial charge is 0.331 e. The average molecular weight is 421 g/mol. The van der Waals surface area contributed by atoms with Gasteiger partial charge in [-0.25, -0.2) is 9.78 Å². The monoisotopic (exact) mass is 420 g/mol. The van der Waals surface area contributed by atoms with Crippen molar-refractivity contribution in [2.24, 2.45) is 0 Å². The molecule has 0 bridgehead atoms. The molecule has 162 valence electrons. The third kappa shape index (κ3) is 3.54. The number of nitrogens with one attached hydrogen (secondary N) is 1. The number of fused-ring (bicyclic) bond motifs is 2. The summed E-state index contributed by atoms with van der Waals surface area (Å²) in [4.78, 5) is 33.1. The third-order valence-corrected chi connectivity index (χ3v) is 6.06. The predicted molar refractivity (Wildman–Crippen MR) is 122 cm³/mol. The number of carboxylic acid groups (broad SMARTS) is 1. The van der Waals surface area contributed by atoms with Crippen molar-refractivity contribution < 1.29 is 9.90 Å². The fourth-order valence-corrected chi connectivity index (χ4v) is 4.65. The van der Waals surface area contributed by atoms with Gasteiger partial charge in [0.05, 0.1) is 24.0 Å². The molecule has 0 radical (unpaired) electrons. The molecule has 31 heavy (non-hydrogen) atoms. The molecule has 7 nitrogen and oxygen atoms in total. The Morgan fingerprint density at radius 1 is 1.26 bits per heavy atom. The number of carboxylic acids is 1. The van der Waals surface area contributed by atoms with Gasteiger partial charge in [0.15, 0.2) is 5.65 Å². The SMILES string of the molecule is CCCC(CC(=O)O)n1c(=O)n(C(C)c2c[nH]c3cccc(C)c23)c2cc(C)cnc21. The van der Waals surface area contributed by atoms with Crippen molar-refractivity contribution in [3.8, 4) is 0 Å². The van der Waals surface area contributed by atoms with Crippen LogP contribution >= 0.6 is 0 Å². The first-order valence-corrected chi connectivity index (χ1v) is 10.7. The van der Waals surface area contributed by atoms with E-state index in [1.807, 2.05) is 45.2 Å². The molecular formula is C24H28N4O3. The number of aryl methyl sites for hydroxylation is 2. The van der Waals surface area contributed by atoms with Crippen molar-refractivity contribution in [1.29, 1.82) is 0 Å². The second-order valence-electron chi connectivity index (χ2n) is 8.34. The van der Waals surface area contributed by atoms with Crippen molar-refractivity contribution in [2.75, 3.05) is 0 Å². The van der Waals surface area contributed by atoms with Gasteiger partial charge in [-0.3, -0.25) is 13.9 Å². The number of aromatic amines is 1. The number of pyridine rings is 1. The largest absolute Gasteiger partial charge is 0.481 e. The van der Waals surface area contributed by atoms with Gasteiger partial charge in [-0.15, -0.1) is 0 Å². The van der Waals surface area contributed by atoms with Gasteiger partial charge in [-0.1, -0.05) is 25.5 Å². The lowest BCUT2D eigenvalue weighted by Gasteiger charge is -2.16. The molecule has 0 aliphatic rings. The van der Waals surface area contributed by atoms with Gasteiger partial charge in [0.2, 0.25) is 0 Å². The van der Waals surface area contributed by atoms with Gasteiger partial charge in [0.1, 0.15) is 0 Å². The number of hydrogen-bond donors (Lipinski definition) is 2. The van der Waals surface area contributed by atoms with Crippen LogP contribution in [0.3, 0.4) is 0 Å². The molecule has 0 saturated heterocycles. The van der Waals surface area contributed by atoms with E-state index >= 15 is 0 Å². The van der Waals surface area contributed by atoms with Gasteiger partial charge in [-0.2, -0.15) is 0 Å². The normalized spacial score (nSPS) is 13.7. The lowest BCUT2D eigenvalue weighted by Crippen LogP contribution is -2.30. The maximum Gasteiger partial charge on any atom is 0.331 e. The Bertz CT molecular complexity index is 1330. The summed E-state index contributed by atoms with van der Waals surface area (Å²) in [6.45, 7) is 8.01. The first-order chi connectivity index (χ1) is 14.8. The van der Waals surface area contributed by atoms with E-state index in [0.29, 0.717) is 12.1 Å². The first kappa shape index (κ1) is 20.9. The lowest BCUT2D eigenvalue weighted by atomic mass is 10.0. The zero-order chi connectivity index (χ0) is 22.3. The average Bonchev–Trinajstić information content (AvgIpc) is 3.26. The zero-order valence-electron chi connectivity index (χ0n) is 18.3. The van der Waals surface area contributed by atoms with Crippen molar-refractivity contribution in [3.63, 3.8) is 0 Å². The van der Waals surface area contributed by atoms with Crippen LogP contribution in [0.25, 0.3) is 22.1 Å². The molecule has 3 aromatic heterocycles. The Balaban J connectivity index is 1.98. The highest BCUT2D eigenvalue weighted by Gasteiger charge is 2.26. The second kappa shape index (κ2) is 8.06. The van der Waals surface area contributed by atoms with Crippen molar-refractivity contribution in [2.45, 2.75) is 59.0 Å². The molecule has 1 aromatic carbocycles. The summed E-state index contributed by atoms with van der Waals surface area (Å²) in [7, 11) is 0. The molecule has 4 aromatic rings. The summed E-state index contributed by atoms with van der Waals surface area (Å²) in [5.41, 5.74) is 5.20. The number of rotatable bonds is 7. The highest BCUT2D eigenvalue weighted by molar-refractivity contribution is 5.87. The van der Waals surface area contributed by atoms with E-state index in [0.717, 1.165) is 39.5 Å². The Hall–Kier alpha value is -3.35. The number of H-pyrrole nitrogens is 1. The minimum atomic E-state index is -0.918. The van der Waals surface area contributed by atoms with Gasteiger partial charge in [0.25, 0.3) is 0 Å². The van der Waals surface area contributed by atoms with Crippen LogP contribution in [-0.2, 0) is 4.79 Å². The quantitative estimate of drug-likeness (QED) is 0.452. The second-order valence-corrected chi connectivity index (χ2v) is 8.34. The van der Waals surface area contributed by atoms with Crippen LogP contribution < -0.4 is 5.69 Å². The van der Waals surface area contributed by atoms with Gasteiger partial charge < -0.3 is 10.1 Å². The zero-order valence-corrected chi connectivity index (χ0v) is 18.3. The van der Waals surface area contributed by atoms with E-state index < -0.39 is 12.0 Å². The van der Waals surface area contributed by atoms with Gasteiger partial charge in [0, 0.05) is 28.9 Å². The summed E-state index contributed by atoms with van der Waals surface area (Å²) in [6.07, 6.45) is 4.96. The van der Waals surface area contributed by atoms with E-state index in [-0.39, 0.29) is 18.2 Å². The molecule has 0 fully saturated rings. The highest BCUT2D eigenvalue weighted by atomic mass is 16.4. The van der Waals surface area contributed by atoms with Crippen LogP contribution in [0.15, 0.2) is 41.5 Å². The standard InChI is InChI=1S/C24H28N4O3/c1-5-7-17(11-21(29)30)28-23-20(10-14(2)12-26-23)27(24(28)31)16(4)18-13-25-19-9-6-8-15(3)22(18)19/h6,8-10,12-13,16-17,25H,5,7,11H2,1-4H3,(H,29,30).